The van der Waals surface area contributed by atoms with Crippen molar-refractivity contribution in [2.24, 2.45) is 0 Å². The minimum absolute atomic E-state index is 0.552. The SMILES string of the molecule is CC(C=O)(Cc1ccccc1Cl)c1cccc(Cl)c1. The van der Waals surface area contributed by atoms with Gasteiger partial charge in [-0.15, -0.1) is 0 Å². The molecule has 2 rings (SSSR count). The summed E-state index contributed by atoms with van der Waals surface area (Å²) in [6.07, 6.45) is 1.51. The highest BCUT2D eigenvalue weighted by molar-refractivity contribution is 6.31. The Kier molecular flexibility index (Phi) is 4.28. The van der Waals surface area contributed by atoms with E-state index < -0.39 is 5.41 Å². The van der Waals surface area contributed by atoms with E-state index in [1.165, 1.54) is 0 Å². The van der Waals surface area contributed by atoms with Gasteiger partial charge < -0.3 is 4.79 Å². The van der Waals surface area contributed by atoms with Crippen LogP contribution in [0.25, 0.3) is 0 Å². The summed E-state index contributed by atoms with van der Waals surface area (Å²) in [5, 5.41) is 1.31. The number of rotatable bonds is 4. The maximum atomic E-state index is 11.6. The standard InChI is InChI=1S/C16H14Cl2O/c1-16(11-19,13-6-4-7-14(17)9-13)10-12-5-2-3-8-15(12)18/h2-9,11H,10H2,1H3. The molecule has 1 atom stereocenters. The highest BCUT2D eigenvalue weighted by atomic mass is 35.5. The number of carbonyl (C=O) groups is 1. The van der Waals surface area contributed by atoms with Gasteiger partial charge in [0, 0.05) is 10.0 Å². The summed E-state index contributed by atoms with van der Waals surface area (Å²) < 4.78 is 0. The van der Waals surface area contributed by atoms with E-state index in [4.69, 9.17) is 23.2 Å². The summed E-state index contributed by atoms with van der Waals surface area (Å²) in [4.78, 5) is 11.6. The quantitative estimate of drug-likeness (QED) is 0.747. The van der Waals surface area contributed by atoms with E-state index in [0.717, 1.165) is 17.4 Å². The molecule has 0 aliphatic rings. The first kappa shape index (κ1) is 14.1. The lowest BCUT2D eigenvalue weighted by Crippen LogP contribution is -2.27. The van der Waals surface area contributed by atoms with Crippen LogP contribution >= 0.6 is 23.2 Å². The van der Waals surface area contributed by atoms with Crippen molar-refractivity contribution in [1.82, 2.24) is 0 Å². The summed E-state index contributed by atoms with van der Waals surface area (Å²) >= 11 is 12.2. The minimum atomic E-state index is -0.629. The Morgan fingerprint density at radius 1 is 1.11 bits per heavy atom. The normalized spacial score (nSPS) is 13.8. The number of carbonyl (C=O) groups excluding carboxylic acids is 1. The number of hydrogen-bond donors (Lipinski definition) is 0. The molecule has 0 bridgehead atoms. The molecule has 0 aliphatic heterocycles. The molecule has 0 spiro atoms. The molecule has 0 aliphatic carbocycles. The summed E-state index contributed by atoms with van der Waals surface area (Å²) in [6.45, 7) is 1.90. The van der Waals surface area contributed by atoms with Crippen molar-refractivity contribution in [3.05, 3.63) is 69.7 Å². The molecule has 19 heavy (non-hydrogen) atoms. The maximum Gasteiger partial charge on any atom is 0.130 e. The van der Waals surface area contributed by atoms with Crippen molar-refractivity contribution in [3.8, 4) is 0 Å². The maximum absolute atomic E-state index is 11.6. The molecule has 98 valence electrons. The molecule has 0 amide bonds. The van der Waals surface area contributed by atoms with Gasteiger partial charge in [0.15, 0.2) is 0 Å². The number of aldehydes is 1. The average molecular weight is 293 g/mol. The lowest BCUT2D eigenvalue weighted by molar-refractivity contribution is -0.112. The molecule has 0 radical (unpaired) electrons. The van der Waals surface area contributed by atoms with Crippen LogP contribution in [0.4, 0.5) is 0 Å². The van der Waals surface area contributed by atoms with Crippen molar-refractivity contribution in [3.63, 3.8) is 0 Å². The zero-order valence-corrected chi connectivity index (χ0v) is 12.1. The van der Waals surface area contributed by atoms with Gasteiger partial charge in [-0.25, -0.2) is 0 Å². The number of benzene rings is 2. The molecule has 0 N–H and O–H groups in total. The Balaban J connectivity index is 2.39. The van der Waals surface area contributed by atoms with Gasteiger partial charge in [-0.3, -0.25) is 0 Å². The zero-order chi connectivity index (χ0) is 13.9. The molecular formula is C16H14Cl2O. The Hall–Kier alpha value is -1.31. The van der Waals surface area contributed by atoms with E-state index in [1.54, 1.807) is 6.07 Å². The highest BCUT2D eigenvalue weighted by Crippen LogP contribution is 2.30. The van der Waals surface area contributed by atoms with Gasteiger partial charge in [-0.05, 0) is 42.7 Å². The average Bonchev–Trinajstić information content (AvgIpc) is 2.41. The van der Waals surface area contributed by atoms with Crippen molar-refractivity contribution in [2.45, 2.75) is 18.8 Å². The molecule has 0 heterocycles. The Bertz CT molecular complexity index is 595. The summed E-state index contributed by atoms with van der Waals surface area (Å²) in [7, 11) is 0. The molecule has 0 fully saturated rings. The van der Waals surface area contributed by atoms with Crippen LogP contribution in [0.2, 0.25) is 10.0 Å². The monoisotopic (exact) mass is 292 g/mol. The summed E-state index contributed by atoms with van der Waals surface area (Å²) in [6, 6.07) is 15.0. The van der Waals surface area contributed by atoms with Gasteiger partial charge in [0.1, 0.15) is 6.29 Å². The lowest BCUT2D eigenvalue weighted by Gasteiger charge is -2.24. The second-order valence-electron chi connectivity index (χ2n) is 4.81. The van der Waals surface area contributed by atoms with Crippen LogP contribution in [-0.2, 0) is 16.6 Å². The van der Waals surface area contributed by atoms with Crippen LogP contribution in [-0.4, -0.2) is 6.29 Å². The number of hydrogen-bond acceptors (Lipinski definition) is 1. The van der Waals surface area contributed by atoms with Gasteiger partial charge in [-0.2, -0.15) is 0 Å². The molecule has 0 saturated carbocycles. The van der Waals surface area contributed by atoms with Crippen molar-refractivity contribution < 1.29 is 4.79 Å². The van der Waals surface area contributed by atoms with Gasteiger partial charge in [-0.1, -0.05) is 53.5 Å². The second-order valence-corrected chi connectivity index (χ2v) is 5.66. The smallest absolute Gasteiger partial charge is 0.130 e. The van der Waals surface area contributed by atoms with Crippen LogP contribution in [0.1, 0.15) is 18.1 Å². The molecular weight excluding hydrogens is 279 g/mol. The fourth-order valence-electron chi connectivity index (χ4n) is 2.09. The van der Waals surface area contributed by atoms with Crippen LogP contribution in [0.15, 0.2) is 48.5 Å². The zero-order valence-electron chi connectivity index (χ0n) is 10.6. The highest BCUT2D eigenvalue weighted by Gasteiger charge is 2.27. The van der Waals surface area contributed by atoms with E-state index in [-0.39, 0.29) is 0 Å². The van der Waals surface area contributed by atoms with E-state index in [2.05, 4.69) is 0 Å². The van der Waals surface area contributed by atoms with Gasteiger partial charge in [0.05, 0.1) is 5.41 Å². The van der Waals surface area contributed by atoms with Gasteiger partial charge in [0.25, 0.3) is 0 Å². The van der Waals surface area contributed by atoms with Crippen molar-refractivity contribution in [2.75, 3.05) is 0 Å². The van der Waals surface area contributed by atoms with Crippen LogP contribution in [0.3, 0.4) is 0 Å². The lowest BCUT2D eigenvalue weighted by atomic mass is 9.78. The van der Waals surface area contributed by atoms with E-state index in [1.807, 2.05) is 49.4 Å². The third-order valence-electron chi connectivity index (χ3n) is 3.26. The van der Waals surface area contributed by atoms with Crippen LogP contribution in [0.5, 0.6) is 0 Å². The molecule has 0 aromatic heterocycles. The van der Waals surface area contributed by atoms with E-state index in [9.17, 15) is 4.79 Å². The number of halogens is 2. The molecule has 1 nitrogen and oxygen atoms in total. The molecule has 0 saturated heterocycles. The second kappa shape index (κ2) is 5.77. The topological polar surface area (TPSA) is 17.1 Å². The summed E-state index contributed by atoms with van der Waals surface area (Å²) in [5.74, 6) is 0. The minimum Gasteiger partial charge on any atom is -0.302 e. The molecule has 1 unspecified atom stereocenters. The molecule has 3 heteroatoms. The largest absolute Gasteiger partial charge is 0.302 e. The van der Waals surface area contributed by atoms with Gasteiger partial charge >= 0.3 is 0 Å². The first-order valence-corrected chi connectivity index (χ1v) is 6.76. The predicted octanol–water partition coefficient (Wildman–Crippen LogP) is 4.69. The fraction of sp³-hybridized carbons (Fsp3) is 0.188. The predicted molar refractivity (Wildman–Crippen MR) is 80.0 cm³/mol. The van der Waals surface area contributed by atoms with Crippen molar-refractivity contribution >= 4 is 29.5 Å². The first-order chi connectivity index (χ1) is 9.05. The van der Waals surface area contributed by atoms with E-state index >= 15 is 0 Å². The summed E-state index contributed by atoms with van der Waals surface area (Å²) in [5.41, 5.74) is 1.23. The van der Waals surface area contributed by atoms with Crippen LogP contribution in [0, 0.1) is 0 Å². The third-order valence-corrected chi connectivity index (χ3v) is 3.86. The Morgan fingerprint density at radius 2 is 1.84 bits per heavy atom. The molecule has 2 aromatic carbocycles. The van der Waals surface area contributed by atoms with Gasteiger partial charge in [0.2, 0.25) is 0 Å². The van der Waals surface area contributed by atoms with Crippen molar-refractivity contribution in [1.29, 1.82) is 0 Å². The van der Waals surface area contributed by atoms with Crippen LogP contribution < -0.4 is 0 Å². The third kappa shape index (κ3) is 3.17. The molecule has 2 aromatic rings. The fourth-order valence-corrected chi connectivity index (χ4v) is 2.49. The Morgan fingerprint density at radius 3 is 2.47 bits per heavy atom. The first-order valence-electron chi connectivity index (χ1n) is 6.01. The Labute approximate surface area is 123 Å². The van der Waals surface area contributed by atoms with E-state index in [0.29, 0.717) is 16.5 Å².